The molecule has 0 aliphatic carbocycles. The molecule has 0 bridgehead atoms. The van der Waals surface area contributed by atoms with Gasteiger partial charge in [-0.2, -0.15) is 4.98 Å². The number of aromatic amines is 1. The SMILES string of the molecule is C[PH](=O)OC[C@@H]1CC[C@H](n2cnc3c(=O)[nH]c(N)nc32)O1. The highest BCUT2D eigenvalue weighted by Gasteiger charge is 2.28. The van der Waals surface area contributed by atoms with Crippen molar-refractivity contribution in [1.82, 2.24) is 19.5 Å². The minimum absolute atomic E-state index is 0.0386. The van der Waals surface area contributed by atoms with Crippen LogP contribution < -0.4 is 11.3 Å². The average Bonchev–Trinajstić information content (AvgIpc) is 3.02. The zero-order chi connectivity index (χ0) is 15.0. The maximum absolute atomic E-state index is 11.7. The molecular formula is C11H16N5O4P. The fraction of sp³-hybridized carbons (Fsp3) is 0.545. The predicted molar refractivity (Wildman–Crippen MR) is 76.6 cm³/mol. The van der Waals surface area contributed by atoms with Gasteiger partial charge >= 0.3 is 0 Å². The second-order valence-electron chi connectivity index (χ2n) is 4.87. The minimum Gasteiger partial charge on any atom is -0.369 e. The van der Waals surface area contributed by atoms with Crippen molar-refractivity contribution in [2.45, 2.75) is 25.2 Å². The van der Waals surface area contributed by atoms with Crippen LogP contribution in [-0.4, -0.2) is 38.9 Å². The molecule has 2 aromatic rings. The van der Waals surface area contributed by atoms with E-state index in [9.17, 15) is 9.36 Å². The van der Waals surface area contributed by atoms with Crippen LogP contribution in [0.15, 0.2) is 11.1 Å². The Balaban J connectivity index is 1.82. The number of anilines is 1. The van der Waals surface area contributed by atoms with Crippen molar-refractivity contribution in [3.63, 3.8) is 0 Å². The van der Waals surface area contributed by atoms with Gasteiger partial charge in [-0.15, -0.1) is 0 Å². The number of hydrogen-bond donors (Lipinski definition) is 2. The molecule has 2 aromatic heterocycles. The molecule has 1 aliphatic heterocycles. The molecule has 0 spiro atoms. The van der Waals surface area contributed by atoms with E-state index in [4.69, 9.17) is 15.0 Å². The minimum atomic E-state index is -1.96. The molecule has 3 rings (SSSR count). The van der Waals surface area contributed by atoms with Crippen LogP contribution in [0, 0.1) is 0 Å². The van der Waals surface area contributed by atoms with Crippen molar-refractivity contribution >= 4 is 25.1 Å². The summed E-state index contributed by atoms with van der Waals surface area (Å²) in [6.45, 7) is 1.84. The maximum atomic E-state index is 11.7. The van der Waals surface area contributed by atoms with Gasteiger partial charge in [0.05, 0.1) is 19.0 Å². The summed E-state index contributed by atoms with van der Waals surface area (Å²) in [5.41, 5.74) is 5.81. The van der Waals surface area contributed by atoms with Crippen LogP contribution in [0.5, 0.6) is 0 Å². The second-order valence-corrected chi connectivity index (χ2v) is 6.14. The molecule has 114 valence electrons. The molecule has 3 N–H and O–H groups in total. The number of nitrogen functional groups attached to an aromatic ring is 1. The van der Waals surface area contributed by atoms with Crippen molar-refractivity contribution in [2.75, 3.05) is 19.0 Å². The normalized spacial score (nSPS) is 23.7. The van der Waals surface area contributed by atoms with Crippen molar-refractivity contribution in [3.05, 3.63) is 16.7 Å². The van der Waals surface area contributed by atoms with Gasteiger partial charge in [0.1, 0.15) is 6.23 Å². The lowest BCUT2D eigenvalue weighted by molar-refractivity contribution is -0.0145. The first-order chi connectivity index (χ1) is 10.0. The fourth-order valence-electron chi connectivity index (χ4n) is 2.38. The molecule has 3 atom stereocenters. The summed E-state index contributed by atoms with van der Waals surface area (Å²) in [6, 6.07) is 0. The lowest BCUT2D eigenvalue weighted by atomic mass is 10.2. The Labute approximate surface area is 120 Å². The van der Waals surface area contributed by atoms with E-state index in [0.717, 1.165) is 12.8 Å². The third-order valence-corrected chi connectivity index (χ3v) is 3.89. The van der Waals surface area contributed by atoms with Crippen molar-refractivity contribution in [3.8, 4) is 0 Å². The highest BCUT2D eigenvalue weighted by atomic mass is 31.1. The smallest absolute Gasteiger partial charge is 0.280 e. The zero-order valence-corrected chi connectivity index (χ0v) is 12.4. The Kier molecular flexibility index (Phi) is 3.79. The zero-order valence-electron chi connectivity index (χ0n) is 11.4. The molecule has 1 unspecified atom stereocenters. The van der Waals surface area contributed by atoms with Crippen molar-refractivity contribution in [1.29, 1.82) is 0 Å². The monoisotopic (exact) mass is 313 g/mol. The highest BCUT2D eigenvalue weighted by Crippen LogP contribution is 2.31. The van der Waals surface area contributed by atoms with Gasteiger partial charge in [0.25, 0.3) is 5.56 Å². The van der Waals surface area contributed by atoms with Crippen LogP contribution in [-0.2, 0) is 13.8 Å². The molecule has 0 radical (unpaired) electrons. The summed E-state index contributed by atoms with van der Waals surface area (Å²) in [5.74, 6) is 0.0386. The number of H-pyrrole nitrogens is 1. The molecular weight excluding hydrogens is 297 g/mol. The van der Waals surface area contributed by atoms with Crippen LogP contribution in [0.2, 0.25) is 0 Å². The standard InChI is InChI=1S/C11H16N5O4P/c1-21(18)19-4-6-2-3-7(20-6)16-5-13-8-9(16)14-11(12)15-10(8)17/h5-7,21H,2-4H2,1H3,(H3,12,14,15,17)/t6-,7+/m0/s1. The maximum Gasteiger partial charge on any atom is 0.280 e. The quantitative estimate of drug-likeness (QED) is 0.787. The number of ether oxygens (including phenoxy) is 1. The van der Waals surface area contributed by atoms with Gasteiger partial charge < -0.3 is 15.0 Å². The molecule has 3 heterocycles. The Morgan fingerprint density at radius 2 is 2.43 bits per heavy atom. The number of fused-ring (bicyclic) bond motifs is 1. The van der Waals surface area contributed by atoms with E-state index in [-0.39, 0.29) is 29.4 Å². The lowest BCUT2D eigenvalue weighted by Crippen LogP contribution is -2.16. The molecule has 1 aliphatic rings. The van der Waals surface area contributed by atoms with Crippen LogP contribution in [0.1, 0.15) is 19.1 Å². The first-order valence-corrected chi connectivity index (χ1v) is 8.37. The molecule has 0 aromatic carbocycles. The summed E-state index contributed by atoms with van der Waals surface area (Å²) in [4.78, 5) is 22.3. The van der Waals surface area contributed by atoms with Crippen molar-refractivity contribution < 1.29 is 13.8 Å². The van der Waals surface area contributed by atoms with Gasteiger partial charge in [-0.1, -0.05) is 0 Å². The number of imidazole rings is 1. The van der Waals surface area contributed by atoms with Crippen LogP contribution in [0.25, 0.3) is 11.2 Å². The molecule has 9 nitrogen and oxygen atoms in total. The third-order valence-electron chi connectivity index (χ3n) is 3.32. The van der Waals surface area contributed by atoms with E-state index in [1.807, 2.05) is 0 Å². The van der Waals surface area contributed by atoms with Gasteiger partial charge in [-0.25, -0.2) is 4.98 Å². The van der Waals surface area contributed by atoms with Crippen LogP contribution in [0.4, 0.5) is 5.95 Å². The molecule has 10 heteroatoms. The Bertz CT molecular complexity index is 742. The first-order valence-electron chi connectivity index (χ1n) is 6.55. The summed E-state index contributed by atoms with van der Waals surface area (Å²) in [7, 11) is -1.96. The largest absolute Gasteiger partial charge is 0.369 e. The summed E-state index contributed by atoms with van der Waals surface area (Å²) in [5, 5.41) is 0. The van der Waals surface area contributed by atoms with E-state index in [1.54, 1.807) is 11.2 Å². The van der Waals surface area contributed by atoms with E-state index in [0.29, 0.717) is 12.3 Å². The fourth-order valence-corrected chi connectivity index (χ4v) is 2.80. The van der Waals surface area contributed by atoms with E-state index >= 15 is 0 Å². The van der Waals surface area contributed by atoms with Gasteiger partial charge in [-0.05, 0) is 12.8 Å². The van der Waals surface area contributed by atoms with E-state index < -0.39 is 8.03 Å². The topological polar surface area (TPSA) is 125 Å². The van der Waals surface area contributed by atoms with Crippen LogP contribution >= 0.6 is 8.03 Å². The Hall–Kier alpha value is -1.70. The molecule has 1 saturated heterocycles. The third kappa shape index (κ3) is 2.85. The lowest BCUT2D eigenvalue weighted by Gasteiger charge is -2.14. The van der Waals surface area contributed by atoms with Gasteiger partial charge in [0, 0.05) is 6.66 Å². The number of hydrogen-bond acceptors (Lipinski definition) is 7. The highest BCUT2D eigenvalue weighted by molar-refractivity contribution is 7.38. The van der Waals surface area contributed by atoms with Gasteiger partial charge in [-0.3, -0.25) is 18.9 Å². The van der Waals surface area contributed by atoms with Gasteiger partial charge in [0.2, 0.25) is 5.95 Å². The predicted octanol–water partition coefficient (Wildman–Crippen LogP) is 0.500. The number of aromatic nitrogens is 4. The Morgan fingerprint density at radius 1 is 1.62 bits per heavy atom. The summed E-state index contributed by atoms with van der Waals surface area (Å²) in [6.07, 6.45) is 2.62. The average molecular weight is 313 g/mol. The Morgan fingerprint density at radius 3 is 3.19 bits per heavy atom. The van der Waals surface area contributed by atoms with Gasteiger partial charge in [0.15, 0.2) is 19.2 Å². The first kappa shape index (κ1) is 14.2. The molecule has 0 saturated carbocycles. The van der Waals surface area contributed by atoms with Crippen LogP contribution in [0.3, 0.4) is 0 Å². The summed E-state index contributed by atoms with van der Waals surface area (Å²) >= 11 is 0. The number of rotatable bonds is 4. The van der Waals surface area contributed by atoms with E-state index in [1.165, 1.54) is 6.33 Å². The summed E-state index contributed by atoms with van der Waals surface area (Å²) < 4.78 is 23.6. The number of nitrogens with zero attached hydrogens (tertiary/aromatic N) is 3. The number of nitrogens with one attached hydrogen (secondary N) is 1. The molecule has 21 heavy (non-hydrogen) atoms. The van der Waals surface area contributed by atoms with E-state index in [2.05, 4.69) is 15.0 Å². The number of nitrogens with two attached hydrogens (primary N) is 1. The molecule has 0 amide bonds. The van der Waals surface area contributed by atoms with Crippen molar-refractivity contribution in [2.24, 2.45) is 0 Å². The molecule has 1 fully saturated rings. The second kappa shape index (κ2) is 5.59.